The van der Waals surface area contributed by atoms with Crippen molar-refractivity contribution >= 4 is 17.3 Å². The van der Waals surface area contributed by atoms with Gasteiger partial charge in [-0.1, -0.05) is 37.3 Å². The molecule has 1 saturated carbocycles. The van der Waals surface area contributed by atoms with Gasteiger partial charge in [-0.25, -0.2) is 9.78 Å². The highest BCUT2D eigenvalue weighted by Crippen LogP contribution is 2.42. The molecule has 0 unspecified atom stereocenters. The van der Waals surface area contributed by atoms with Crippen LogP contribution in [0.2, 0.25) is 0 Å². The van der Waals surface area contributed by atoms with Crippen LogP contribution >= 0.6 is 11.3 Å². The molecule has 3 rings (SSSR count). The summed E-state index contributed by atoms with van der Waals surface area (Å²) in [6.07, 6.45) is 2.15. The quantitative estimate of drug-likeness (QED) is 0.845. The lowest BCUT2D eigenvalue weighted by Gasteiger charge is -2.19. The number of benzene rings is 1. The van der Waals surface area contributed by atoms with Gasteiger partial charge in [-0.2, -0.15) is 0 Å². The van der Waals surface area contributed by atoms with E-state index in [1.165, 1.54) is 16.9 Å². The zero-order valence-electron chi connectivity index (χ0n) is 12.7. The Bertz CT molecular complexity index is 650. The van der Waals surface area contributed by atoms with Crippen molar-refractivity contribution in [1.82, 2.24) is 9.88 Å². The standard InChI is InChI=1S/C17H20N2O2S/c1-2-19(10-12-6-4-3-5-7-12)11-14-18-15(13-8-9-13)16(22-14)17(20)21/h3-7,13H,2,8-11H2,1H3,(H,20,21). The van der Waals surface area contributed by atoms with Gasteiger partial charge in [0.05, 0.1) is 12.2 Å². The molecule has 1 N–H and O–H groups in total. The number of rotatable bonds is 7. The molecule has 1 aromatic heterocycles. The Kier molecular flexibility index (Phi) is 4.55. The Hall–Kier alpha value is -1.72. The minimum Gasteiger partial charge on any atom is -0.477 e. The number of nitrogens with zero attached hydrogens (tertiary/aromatic N) is 2. The third-order valence-electron chi connectivity index (χ3n) is 3.91. The summed E-state index contributed by atoms with van der Waals surface area (Å²) >= 11 is 1.34. The third-order valence-corrected chi connectivity index (χ3v) is 4.95. The van der Waals surface area contributed by atoms with E-state index in [1.54, 1.807) is 0 Å². The van der Waals surface area contributed by atoms with E-state index in [0.717, 1.165) is 36.6 Å². The van der Waals surface area contributed by atoms with Crippen molar-refractivity contribution < 1.29 is 9.90 Å². The first-order valence-corrected chi connectivity index (χ1v) is 8.48. The van der Waals surface area contributed by atoms with E-state index in [9.17, 15) is 9.90 Å². The second kappa shape index (κ2) is 6.58. The minimum absolute atomic E-state index is 0.375. The van der Waals surface area contributed by atoms with Crippen molar-refractivity contribution in [2.45, 2.75) is 38.8 Å². The van der Waals surface area contributed by atoms with Crippen LogP contribution in [0.1, 0.15) is 51.6 Å². The molecule has 0 amide bonds. The summed E-state index contributed by atoms with van der Waals surface area (Å²) in [5, 5.41) is 10.3. The molecule has 4 nitrogen and oxygen atoms in total. The van der Waals surface area contributed by atoms with Gasteiger partial charge in [-0.05, 0) is 24.9 Å². The Morgan fingerprint density at radius 3 is 2.64 bits per heavy atom. The van der Waals surface area contributed by atoms with Crippen molar-refractivity contribution in [2.24, 2.45) is 0 Å². The van der Waals surface area contributed by atoms with E-state index in [0.29, 0.717) is 17.3 Å². The van der Waals surface area contributed by atoms with Gasteiger partial charge in [-0.3, -0.25) is 4.90 Å². The molecule has 5 heteroatoms. The van der Waals surface area contributed by atoms with Crippen LogP contribution in [-0.2, 0) is 13.1 Å². The van der Waals surface area contributed by atoms with Crippen molar-refractivity contribution in [3.8, 4) is 0 Å². The zero-order chi connectivity index (χ0) is 15.5. The Balaban J connectivity index is 1.73. The fourth-order valence-corrected chi connectivity index (χ4v) is 3.58. The molecule has 1 fully saturated rings. The first-order chi connectivity index (χ1) is 10.7. The van der Waals surface area contributed by atoms with Crippen LogP contribution in [0, 0.1) is 0 Å². The molecular formula is C17H20N2O2S. The molecule has 2 aromatic rings. The number of aromatic nitrogens is 1. The average molecular weight is 316 g/mol. The number of thiazole rings is 1. The molecule has 1 aliphatic carbocycles. The van der Waals surface area contributed by atoms with Crippen LogP contribution in [0.25, 0.3) is 0 Å². The van der Waals surface area contributed by atoms with Crippen LogP contribution < -0.4 is 0 Å². The molecular weight excluding hydrogens is 296 g/mol. The van der Waals surface area contributed by atoms with Crippen molar-refractivity contribution in [2.75, 3.05) is 6.54 Å². The normalized spacial score (nSPS) is 14.5. The van der Waals surface area contributed by atoms with Gasteiger partial charge < -0.3 is 5.11 Å². The summed E-state index contributed by atoms with van der Waals surface area (Å²) in [5.41, 5.74) is 2.07. The lowest BCUT2D eigenvalue weighted by Crippen LogP contribution is -2.22. The van der Waals surface area contributed by atoms with Crippen LogP contribution in [-0.4, -0.2) is 27.5 Å². The van der Waals surface area contributed by atoms with E-state index in [2.05, 4.69) is 28.9 Å². The van der Waals surface area contributed by atoms with E-state index >= 15 is 0 Å². The van der Waals surface area contributed by atoms with Gasteiger partial charge in [0.1, 0.15) is 9.88 Å². The second-order valence-corrected chi connectivity index (χ2v) is 6.77. The SMILES string of the molecule is CCN(Cc1ccccc1)Cc1nc(C2CC2)c(C(=O)O)s1. The molecule has 22 heavy (non-hydrogen) atoms. The molecule has 1 aliphatic rings. The molecule has 0 spiro atoms. The Morgan fingerprint density at radius 1 is 1.32 bits per heavy atom. The van der Waals surface area contributed by atoms with Crippen LogP contribution in [0.15, 0.2) is 30.3 Å². The van der Waals surface area contributed by atoms with Gasteiger partial charge in [0.15, 0.2) is 0 Å². The van der Waals surface area contributed by atoms with Gasteiger partial charge in [0.2, 0.25) is 0 Å². The van der Waals surface area contributed by atoms with E-state index < -0.39 is 5.97 Å². The van der Waals surface area contributed by atoms with Gasteiger partial charge in [0, 0.05) is 12.5 Å². The molecule has 0 bridgehead atoms. The summed E-state index contributed by atoms with van der Waals surface area (Å²) < 4.78 is 0. The number of hydrogen-bond donors (Lipinski definition) is 1. The molecule has 116 valence electrons. The van der Waals surface area contributed by atoms with Gasteiger partial charge >= 0.3 is 5.97 Å². The summed E-state index contributed by atoms with van der Waals surface area (Å²) in [6.45, 7) is 4.60. The highest BCUT2D eigenvalue weighted by Gasteiger charge is 2.32. The van der Waals surface area contributed by atoms with E-state index in [1.807, 2.05) is 18.2 Å². The summed E-state index contributed by atoms with van der Waals surface area (Å²) in [6, 6.07) is 10.3. The molecule has 0 atom stereocenters. The maximum absolute atomic E-state index is 11.4. The highest BCUT2D eigenvalue weighted by atomic mass is 32.1. The topological polar surface area (TPSA) is 53.4 Å². The fraction of sp³-hybridized carbons (Fsp3) is 0.412. The number of hydrogen-bond acceptors (Lipinski definition) is 4. The Morgan fingerprint density at radius 2 is 2.05 bits per heavy atom. The van der Waals surface area contributed by atoms with Crippen LogP contribution in [0.3, 0.4) is 0 Å². The molecule has 1 heterocycles. The molecule has 0 radical (unpaired) electrons. The monoisotopic (exact) mass is 316 g/mol. The lowest BCUT2D eigenvalue weighted by molar-refractivity contribution is 0.0700. The first-order valence-electron chi connectivity index (χ1n) is 7.66. The smallest absolute Gasteiger partial charge is 0.347 e. The van der Waals surface area contributed by atoms with E-state index in [4.69, 9.17) is 0 Å². The predicted octanol–water partition coefficient (Wildman–Crippen LogP) is 3.74. The minimum atomic E-state index is -0.836. The van der Waals surface area contributed by atoms with Crippen LogP contribution in [0.5, 0.6) is 0 Å². The number of carbonyl (C=O) groups is 1. The zero-order valence-corrected chi connectivity index (χ0v) is 13.5. The fourth-order valence-electron chi connectivity index (χ4n) is 2.54. The highest BCUT2D eigenvalue weighted by molar-refractivity contribution is 7.13. The maximum Gasteiger partial charge on any atom is 0.347 e. The summed E-state index contributed by atoms with van der Waals surface area (Å²) in [7, 11) is 0. The molecule has 0 aliphatic heterocycles. The number of carboxylic acids is 1. The molecule has 1 aromatic carbocycles. The van der Waals surface area contributed by atoms with Crippen molar-refractivity contribution in [3.63, 3.8) is 0 Å². The largest absolute Gasteiger partial charge is 0.477 e. The average Bonchev–Trinajstić information content (AvgIpc) is 3.28. The Labute approximate surface area is 134 Å². The first kappa shape index (κ1) is 15.2. The van der Waals surface area contributed by atoms with E-state index in [-0.39, 0.29) is 0 Å². The van der Waals surface area contributed by atoms with Crippen LogP contribution in [0.4, 0.5) is 0 Å². The van der Waals surface area contributed by atoms with Gasteiger partial charge in [-0.15, -0.1) is 11.3 Å². The summed E-state index contributed by atoms with van der Waals surface area (Å²) in [5.74, 6) is -0.461. The third kappa shape index (κ3) is 3.54. The molecule has 0 saturated heterocycles. The van der Waals surface area contributed by atoms with Crippen molar-refractivity contribution in [3.05, 3.63) is 51.5 Å². The second-order valence-electron chi connectivity index (χ2n) is 5.69. The maximum atomic E-state index is 11.4. The van der Waals surface area contributed by atoms with Gasteiger partial charge in [0.25, 0.3) is 0 Å². The number of carboxylic acid groups (broad SMARTS) is 1. The predicted molar refractivity (Wildman–Crippen MR) is 87.3 cm³/mol. The number of aromatic carboxylic acids is 1. The summed E-state index contributed by atoms with van der Waals surface area (Å²) in [4.78, 5) is 18.7. The lowest BCUT2D eigenvalue weighted by atomic mass is 10.2. The van der Waals surface area contributed by atoms with Crippen molar-refractivity contribution in [1.29, 1.82) is 0 Å².